The maximum absolute atomic E-state index is 10.2. The van der Waals surface area contributed by atoms with Crippen LogP contribution < -0.4 is 0 Å². The second-order valence-corrected chi connectivity index (χ2v) is 4.93. The third kappa shape index (κ3) is 3.53. The number of hydrogen-bond acceptors (Lipinski definition) is 3. The summed E-state index contributed by atoms with van der Waals surface area (Å²) in [6.45, 7) is 4.55. The highest BCUT2D eigenvalue weighted by Crippen LogP contribution is 2.13. The molecule has 2 atom stereocenters. The van der Waals surface area contributed by atoms with Crippen molar-refractivity contribution in [1.82, 2.24) is 4.90 Å². The Morgan fingerprint density at radius 3 is 3.06 bits per heavy atom. The van der Waals surface area contributed by atoms with Gasteiger partial charge in [0.15, 0.2) is 0 Å². The fourth-order valence-electron chi connectivity index (χ4n) is 2.26. The van der Waals surface area contributed by atoms with E-state index >= 15 is 0 Å². The molecule has 3 heteroatoms. The van der Waals surface area contributed by atoms with E-state index < -0.39 is 6.10 Å². The van der Waals surface area contributed by atoms with Crippen LogP contribution in [0.25, 0.3) is 0 Å². The summed E-state index contributed by atoms with van der Waals surface area (Å²) in [5.41, 5.74) is 2.41. The first-order chi connectivity index (χ1) is 8.15. The summed E-state index contributed by atoms with van der Waals surface area (Å²) in [5.74, 6) is 0. The van der Waals surface area contributed by atoms with Gasteiger partial charge in [-0.2, -0.15) is 0 Å². The summed E-state index contributed by atoms with van der Waals surface area (Å²) in [6.07, 6.45) is 0.189. The van der Waals surface area contributed by atoms with Crippen LogP contribution in [0.4, 0.5) is 0 Å². The fraction of sp³-hybridized carbons (Fsp3) is 0.571. The highest BCUT2D eigenvalue weighted by molar-refractivity contribution is 5.22. The molecule has 17 heavy (non-hydrogen) atoms. The molecule has 0 bridgehead atoms. The lowest BCUT2D eigenvalue weighted by Gasteiger charge is -2.33. The third-order valence-corrected chi connectivity index (χ3v) is 3.25. The van der Waals surface area contributed by atoms with Crippen molar-refractivity contribution >= 4 is 0 Å². The Labute approximate surface area is 103 Å². The number of hydrogen-bond donors (Lipinski definition) is 1. The number of aliphatic hydroxyl groups excluding tert-OH is 1. The van der Waals surface area contributed by atoms with Gasteiger partial charge in [0.2, 0.25) is 0 Å². The monoisotopic (exact) mass is 235 g/mol. The lowest BCUT2D eigenvalue weighted by molar-refractivity contribution is -0.0823. The molecule has 2 rings (SSSR count). The molecule has 1 fully saturated rings. The van der Waals surface area contributed by atoms with Gasteiger partial charge in [0.25, 0.3) is 0 Å². The molecule has 2 unspecified atom stereocenters. The third-order valence-electron chi connectivity index (χ3n) is 3.25. The molecular weight excluding hydrogens is 214 g/mol. The number of rotatable bonds is 3. The molecular formula is C14H21NO2. The van der Waals surface area contributed by atoms with E-state index in [1.807, 2.05) is 6.07 Å². The zero-order valence-corrected chi connectivity index (χ0v) is 10.6. The first-order valence-electron chi connectivity index (χ1n) is 6.19. The molecule has 1 aliphatic rings. The molecule has 0 radical (unpaired) electrons. The van der Waals surface area contributed by atoms with Gasteiger partial charge >= 0.3 is 0 Å². The van der Waals surface area contributed by atoms with Crippen molar-refractivity contribution in [2.45, 2.75) is 25.6 Å². The van der Waals surface area contributed by atoms with Crippen LogP contribution in [0.1, 0.15) is 11.1 Å². The number of aliphatic hydroxyl groups is 1. The maximum atomic E-state index is 10.2. The first kappa shape index (κ1) is 12.6. The second kappa shape index (κ2) is 5.63. The molecule has 0 spiro atoms. The average Bonchev–Trinajstić information content (AvgIpc) is 2.29. The van der Waals surface area contributed by atoms with Gasteiger partial charge in [-0.05, 0) is 19.5 Å². The van der Waals surface area contributed by atoms with E-state index in [0.717, 1.165) is 13.1 Å². The lowest BCUT2D eigenvalue weighted by Crippen LogP contribution is -2.46. The van der Waals surface area contributed by atoms with E-state index in [-0.39, 0.29) is 6.10 Å². The molecule has 0 aromatic heterocycles. The van der Waals surface area contributed by atoms with E-state index in [4.69, 9.17) is 4.74 Å². The van der Waals surface area contributed by atoms with E-state index in [0.29, 0.717) is 13.0 Å². The summed E-state index contributed by atoms with van der Waals surface area (Å²) >= 11 is 0. The number of nitrogens with zero attached hydrogens (tertiary/aromatic N) is 1. The number of morpholine rings is 1. The molecule has 1 aliphatic heterocycles. The van der Waals surface area contributed by atoms with E-state index in [2.05, 4.69) is 37.1 Å². The highest BCUT2D eigenvalue weighted by Gasteiger charge is 2.25. The minimum absolute atomic E-state index is 0.0609. The normalized spacial score (nSPS) is 23.6. The minimum Gasteiger partial charge on any atom is -0.390 e. The van der Waals surface area contributed by atoms with Gasteiger partial charge in [0, 0.05) is 19.5 Å². The van der Waals surface area contributed by atoms with Crippen LogP contribution in [-0.4, -0.2) is 49.0 Å². The van der Waals surface area contributed by atoms with Gasteiger partial charge in [-0.25, -0.2) is 0 Å². The van der Waals surface area contributed by atoms with Gasteiger partial charge in [0.05, 0.1) is 18.8 Å². The predicted molar refractivity (Wildman–Crippen MR) is 68.1 cm³/mol. The standard InChI is InChI=1S/C14H21NO2/c1-11-4-3-5-12(8-11)9-13(16)14-10-15(2)6-7-17-14/h3-5,8,13-14,16H,6-7,9-10H2,1-2H3. The van der Waals surface area contributed by atoms with Gasteiger partial charge in [-0.15, -0.1) is 0 Å². The Balaban J connectivity index is 1.94. The van der Waals surface area contributed by atoms with Gasteiger partial charge in [-0.1, -0.05) is 29.8 Å². The second-order valence-electron chi connectivity index (χ2n) is 4.93. The Hall–Kier alpha value is -0.900. The van der Waals surface area contributed by atoms with Gasteiger partial charge in [0.1, 0.15) is 0 Å². The van der Waals surface area contributed by atoms with Crippen LogP contribution in [-0.2, 0) is 11.2 Å². The summed E-state index contributed by atoms with van der Waals surface area (Å²) in [6, 6.07) is 8.28. The highest BCUT2D eigenvalue weighted by atomic mass is 16.5. The molecule has 0 aliphatic carbocycles. The molecule has 0 amide bonds. The molecule has 0 saturated carbocycles. The van der Waals surface area contributed by atoms with Crippen LogP contribution in [0.5, 0.6) is 0 Å². The molecule has 1 heterocycles. The molecule has 1 aromatic carbocycles. The topological polar surface area (TPSA) is 32.7 Å². The van der Waals surface area contributed by atoms with Crippen LogP contribution in [0.3, 0.4) is 0 Å². The first-order valence-corrected chi connectivity index (χ1v) is 6.19. The van der Waals surface area contributed by atoms with Crippen LogP contribution >= 0.6 is 0 Å². The summed E-state index contributed by atoms with van der Waals surface area (Å²) in [7, 11) is 2.06. The van der Waals surface area contributed by atoms with Crippen molar-refractivity contribution in [2.24, 2.45) is 0 Å². The van der Waals surface area contributed by atoms with Crippen molar-refractivity contribution in [3.05, 3.63) is 35.4 Å². The van der Waals surface area contributed by atoms with Crippen molar-refractivity contribution < 1.29 is 9.84 Å². The maximum Gasteiger partial charge on any atom is 0.0964 e. The van der Waals surface area contributed by atoms with Crippen molar-refractivity contribution in [2.75, 3.05) is 26.7 Å². The number of benzene rings is 1. The Morgan fingerprint density at radius 2 is 2.35 bits per heavy atom. The number of aryl methyl sites for hydroxylation is 1. The Morgan fingerprint density at radius 1 is 1.53 bits per heavy atom. The minimum atomic E-state index is -0.417. The molecule has 1 N–H and O–H groups in total. The smallest absolute Gasteiger partial charge is 0.0964 e. The predicted octanol–water partition coefficient (Wildman–Crippen LogP) is 1.23. The van der Waals surface area contributed by atoms with E-state index in [1.165, 1.54) is 11.1 Å². The van der Waals surface area contributed by atoms with Crippen molar-refractivity contribution in [3.63, 3.8) is 0 Å². The average molecular weight is 235 g/mol. The summed E-state index contributed by atoms with van der Waals surface area (Å²) in [5, 5.41) is 10.2. The Kier molecular flexibility index (Phi) is 4.15. The summed E-state index contributed by atoms with van der Waals surface area (Å²) in [4.78, 5) is 2.20. The van der Waals surface area contributed by atoms with Crippen LogP contribution in [0.2, 0.25) is 0 Å². The quantitative estimate of drug-likeness (QED) is 0.855. The molecule has 1 aromatic rings. The van der Waals surface area contributed by atoms with E-state index in [9.17, 15) is 5.11 Å². The van der Waals surface area contributed by atoms with Crippen molar-refractivity contribution in [1.29, 1.82) is 0 Å². The van der Waals surface area contributed by atoms with Gasteiger partial charge in [-0.3, -0.25) is 0 Å². The zero-order valence-electron chi connectivity index (χ0n) is 10.6. The van der Waals surface area contributed by atoms with Crippen molar-refractivity contribution in [3.8, 4) is 0 Å². The summed E-state index contributed by atoms with van der Waals surface area (Å²) < 4.78 is 5.62. The number of ether oxygens (including phenoxy) is 1. The van der Waals surface area contributed by atoms with Crippen LogP contribution in [0, 0.1) is 6.92 Å². The van der Waals surface area contributed by atoms with Crippen LogP contribution in [0.15, 0.2) is 24.3 Å². The molecule has 1 saturated heterocycles. The zero-order chi connectivity index (χ0) is 12.3. The largest absolute Gasteiger partial charge is 0.390 e. The lowest BCUT2D eigenvalue weighted by atomic mass is 10.0. The molecule has 3 nitrogen and oxygen atoms in total. The Bertz CT molecular complexity index is 367. The SMILES string of the molecule is Cc1cccc(CC(O)C2CN(C)CCO2)c1. The molecule has 94 valence electrons. The number of likely N-dealkylation sites (N-methyl/N-ethyl adjacent to an activating group) is 1. The van der Waals surface area contributed by atoms with E-state index in [1.54, 1.807) is 0 Å². The van der Waals surface area contributed by atoms with Gasteiger partial charge < -0.3 is 14.7 Å². The fourth-order valence-corrected chi connectivity index (χ4v) is 2.26.